The van der Waals surface area contributed by atoms with Crippen LogP contribution in [0.3, 0.4) is 0 Å². The van der Waals surface area contributed by atoms with Crippen LogP contribution in [0.4, 0.5) is 5.82 Å². The van der Waals surface area contributed by atoms with Gasteiger partial charge in [-0.1, -0.05) is 6.07 Å². The van der Waals surface area contributed by atoms with Crippen molar-refractivity contribution in [3.8, 4) is 0 Å². The van der Waals surface area contributed by atoms with Gasteiger partial charge < -0.3 is 15.7 Å². The molecule has 2 heterocycles. The number of aliphatic hydroxyl groups is 1. The van der Waals surface area contributed by atoms with Crippen LogP contribution in [0.1, 0.15) is 25.5 Å². The molecule has 3 N–H and O–H groups in total. The van der Waals surface area contributed by atoms with Gasteiger partial charge in [0.2, 0.25) is 0 Å². The summed E-state index contributed by atoms with van der Waals surface area (Å²) in [5, 5.41) is 9.87. The first-order valence-electron chi connectivity index (χ1n) is 5.74. The maximum Gasteiger partial charge on any atom is 0.128 e. The standard InChI is InChI=1S/C12H19N3O/c1-12(16)5-7-15(8-6-12)11-4-2-3-10(9-13)14-11/h2-4,16H,5-9,13H2,1H3. The van der Waals surface area contributed by atoms with E-state index in [4.69, 9.17) is 5.73 Å². The highest BCUT2D eigenvalue weighted by Crippen LogP contribution is 2.24. The van der Waals surface area contributed by atoms with Crippen molar-refractivity contribution >= 4 is 5.82 Å². The summed E-state index contributed by atoms with van der Waals surface area (Å²) >= 11 is 0. The fraction of sp³-hybridized carbons (Fsp3) is 0.583. The number of piperidine rings is 1. The lowest BCUT2D eigenvalue weighted by Crippen LogP contribution is -2.42. The second kappa shape index (κ2) is 4.39. The SMILES string of the molecule is CC1(O)CCN(c2cccc(CN)n2)CC1. The Morgan fingerprint density at radius 3 is 2.75 bits per heavy atom. The highest BCUT2D eigenvalue weighted by molar-refractivity contribution is 5.40. The van der Waals surface area contributed by atoms with Crippen LogP contribution >= 0.6 is 0 Å². The Kier molecular flexibility index (Phi) is 3.12. The Bertz CT molecular complexity index is 355. The molecule has 0 unspecified atom stereocenters. The van der Waals surface area contributed by atoms with Crippen molar-refractivity contribution in [2.75, 3.05) is 18.0 Å². The molecular formula is C12H19N3O. The third kappa shape index (κ3) is 2.51. The van der Waals surface area contributed by atoms with Crippen LogP contribution in [0.5, 0.6) is 0 Å². The van der Waals surface area contributed by atoms with Crippen molar-refractivity contribution in [2.24, 2.45) is 5.73 Å². The molecule has 4 heteroatoms. The zero-order chi connectivity index (χ0) is 11.6. The van der Waals surface area contributed by atoms with Crippen LogP contribution in [0.2, 0.25) is 0 Å². The van der Waals surface area contributed by atoms with Crippen LogP contribution in [-0.2, 0) is 6.54 Å². The number of nitrogens with two attached hydrogens (primary N) is 1. The first kappa shape index (κ1) is 11.4. The lowest BCUT2D eigenvalue weighted by atomic mass is 9.94. The quantitative estimate of drug-likeness (QED) is 0.778. The van der Waals surface area contributed by atoms with Gasteiger partial charge in [0.25, 0.3) is 0 Å². The molecule has 2 rings (SSSR count). The highest BCUT2D eigenvalue weighted by Gasteiger charge is 2.27. The van der Waals surface area contributed by atoms with Gasteiger partial charge in [-0.2, -0.15) is 0 Å². The average molecular weight is 221 g/mol. The highest BCUT2D eigenvalue weighted by atomic mass is 16.3. The Morgan fingerprint density at radius 2 is 2.12 bits per heavy atom. The Balaban J connectivity index is 2.08. The Morgan fingerprint density at radius 1 is 1.44 bits per heavy atom. The molecule has 0 bridgehead atoms. The van der Waals surface area contributed by atoms with Crippen molar-refractivity contribution in [1.29, 1.82) is 0 Å². The minimum Gasteiger partial charge on any atom is -0.390 e. The monoisotopic (exact) mass is 221 g/mol. The summed E-state index contributed by atoms with van der Waals surface area (Å²) in [4.78, 5) is 6.69. The van der Waals surface area contributed by atoms with Gasteiger partial charge in [-0.15, -0.1) is 0 Å². The van der Waals surface area contributed by atoms with Gasteiger partial charge in [0, 0.05) is 19.6 Å². The van der Waals surface area contributed by atoms with Crippen molar-refractivity contribution in [3.05, 3.63) is 23.9 Å². The molecule has 0 saturated carbocycles. The van der Waals surface area contributed by atoms with E-state index < -0.39 is 5.60 Å². The molecule has 1 aliphatic rings. The Hall–Kier alpha value is -1.13. The van der Waals surface area contributed by atoms with E-state index in [0.29, 0.717) is 6.54 Å². The summed E-state index contributed by atoms with van der Waals surface area (Å²) < 4.78 is 0. The molecule has 16 heavy (non-hydrogen) atoms. The number of pyridine rings is 1. The van der Waals surface area contributed by atoms with Crippen molar-refractivity contribution in [3.63, 3.8) is 0 Å². The first-order chi connectivity index (χ1) is 7.61. The number of hydrogen-bond donors (Lipinski definition) is 2. The fourth-order valence-electron chi connectivity index (χ4n) is 1.97. The van der Waals surface area contributed by atoms with E-state index in [-0.39, 0.29) is 0 Å². The van der Waals surface area contributed by atoms with Crippen molar-refractivity contribution in [1.82, 2.24) is 4.98 Å². The maximum atomic E-state index is 9.87. The van der Waals surface area contributed by atoms with Crippen LogP contribution < -0.4 is 10.6 Å². The molecule has 0 amide bonds. The van der Waals surface area contributed by atoms with Gasteiger partial charge in [-0.05, 0) is 31.9 Å². The van der Waals surface area contributed by atoms with E-state index in [1.807, 2.05) is 25.1 Å². The van der Waals surface area contributed by atoms with E-state index in [9.17, 15) is 5.11 Å². The number of aromatic nitrogens is 1. The Labute approximate surface area is 96.1 Å². The normalized spacial score (nSPS) is 19.8. The van der Waals surface area contributed by atoms with Gasteiger partial charge in [0.15, 0.2) is 0 Å². The van der Waals surface area contributed by atoms with E-state index in [1.54, 1.807) is 0 Å². The van der Waals surface area contributed by atoms with E-state index in [1.165, 1.54) is 0 Å². The van der Waals surface area contributed by atoms with Crippen LogP contribution in [0.15, 0.2) is 18.2 Å². The molecule has 1 saturated heterocycles. The summed E-state index contributed by atoms with van der Waals surface area (Å²) in [7, 11) is 0. The number of rotatable bonds is 2. The van der Waals surface area contributed by atoms with Gasteiger partial charge in [-0.25, -0.2) is 4.98 Å². The third-order valence-corrected chi connectivity index (χ3v) is 3.17. The molecule has 0 atom stereocenters. The summed E-state index contributed by atoms with van der Waals surface area (Å²) in [6.45, 7) is 4.08. The van der Waals surface area contributed by atoms with E-state index >= 15 is 0 Å². The topological polar surface area (TPSA) is 62.4 Å². The summed E-state index contributed by atoms with van der Waals surface area (Å²) in [5.41, 5.74) is 5.97. The number of anilines is 1. The minimum atomic E-state index is -0.512. The number of nitrogens with zero attached hydrogens (tertiary/aromatic N) is 2. The van der Waals surface area contributed by atoms with Crippen molar-refractivity contribution < 1.29 is 5.11 Å². The molecule has 0 aliphatic carbocycles. The lowest BCUT2D eigenvalue weighted by Gasteiger charge is -2.36. The first-order valence-corrected chi connectivity index (χ1v) is 5.74. The van der Waals surface area contributed by atoms with Gasteiger partial charge in [0.1, 0.15) is 5.82 Å². The molecule has 1 aromatic rings. The second-order valence-corrected chi connectivity index (χ2v) is 4.68. The fourth-order valence-corrected chi connectivity index (χ4v) is 1.97. The van der Waals surface area contributed by atoms with Crippen LogP contribution in [0, 0.1) is 0 Å². The molecule has 4 nitrogen and oxygen atoms in total. The largest absolute Gasteiger partial charge is 0.390 e. The molecule has 88 valence electrons. The van der Waals surface area contributed by atoms with Crippen molar-refractivity contribution in [2.45, 2.75) is 31.9 Å². The predicted molar refractivity (Wildman–Crippen MR) is 64.2 cm³/mol. The molecule has 1 aliphatic heterocycles. The molecule has 1 aromatic heterocycles. The average Bonchev–Trinajstić information content (AvgIpc) is 2.29. The summed E-state index contributed by atoms with van der Waals surface area (Å²) in [6, 6.07) is 5.92. The van der Waals surface area contributed by atoms with Crippen LogP contribution in [0.25, 0.3) is 0 Å². The zero-order valence-corrected chi connectivity index (χ0v) is 9.69. The zero-order valence-electron chi connectivity index (χ0n) is 9.69. The minimum absolute atomic E-state index is 0.472. The molecule has 0 aromatic carbocycles. The molecule has 0 spiro atoms. The van der Waals surface area contributed by atoms with Gasteiger partial charge in [-0.3, -0.25) is 0 Å². The molecule has 1 fully saturated rings. The summed E-state index contributed by atoms with van der Waals surface area (Å²) in [5.74, 6) is 0.971. The van der Waals surface area contributed by atoms with E-state index in [0.717, 1.165) is 37.4 Å². The van der Waals surface area contributed by atoms with E-state index in [2.05, 4.69) is 9.88 Å². The maximum absolute atomic E-state index is 9.87. The summed E-state index contributed by atoms with van der Waals surface area (Å²) in [6.07, 6.45) is 1.59. The predicted octanol–water partition coefficient (Wildman–Crippen LogP) is 0.891. The smallest absolute Gasteiger partial charge is 0.128 e. The third-order valence-electron chi connectivity index (χ3n) is 3.17. The number of hydrogen-bond acceptors (Lipinski definition) is 4. The van der Waals surface area contributed by atoms with Gasteiger partial charge >= 0.3 is 0 Å². The molecule has 0 radical (unpaired) electrons. The lowest BCUT2D eigenvalue weighted by molar-refractivity contribution is 0.0350. The van der Waals surface area contributed by atoms with Crippen LogP contribution in [-0.4, -0.2) is 28.8 Å². The molecular weight excluding hydrogens is 202 g/mol. The van der Waals surface area contributed by atoms with Gasteiger partial charge in [0.05, 0.1) is 11.3 Å². The second-order valence-electron chi connectivity index (χ2n) is 4.68.